The van der Waals surface area contributed by atoms with Crippen LogP contribution in [0.4, 0.5) is 22.7 Å². The number of phenolic OH excluding ortho intramolecular Hbond substituents is 1. The van der Waals surface area contributed by atoms with Gasteiger partial charge in [-0.1, -0.05) is 0 Å². The zero-order valence-electron chi connectivity index (χ0n) is 18.7. The average molecular weight is 586 g/mol. The van der Waals surface area contributed by atoms with Gasteiger partial charge in [-0.25, -0.2) is 0 Å². The fourth-order valence-corrected chi connectivity index (χ4v) is 5.23. The average Bonchev–Trinajstić information content (AvgIpc) is 2.83. The van der Waals surface area contributed by atoms with Gasteiger partial charge in [0, 0.05) is 11.3 Å². The summed E-state index contributed by atoms with van der Waals surface area (Å²) in [4.78, 5) is 12.0. The third-order valence-electron chi connectivity index (χ3n) is 5.23. The molecule has 4 aromatic rings. The molecule has 0 aromatic heterocycles. The van der Waals surface area contributed by atoms with Gasteiger partial charge in [0.2, 0.25) is 0 Å². The van der Waals surface area contributed by atoms with Crippen molar-refractivity contribution in [3.8, 4) is 5.75 Å². The predicted molar refractivity (Wildman–Crippen MR) is 135 cm³/mol. The summed E-state index contributed by atoms with van der Waals surface area (Å²) in [5, 5.41) is 21.5. The summed E-state index contributed by atoms with van der Waals surface area (Å²) >= 11 is -5.13. The second-order valence-corrected chi connectivity index (χ2v) is 12.5. The third-order valence-corrected chi connectivity index (χ3v) is 8.13. The van der Waals surface area contributed by atoms with Crippen molar-refractivity contribution in [2.75, 3.05) is 11.1 Å². The first-order valence-electron chi connectivity index (χ1n) is 10.4. The van der Waals surface area contributed by atoms with Crippen molar-refractivity contribution < 1.29 is 34.8 Å². The van der Waals surface area contributed by atoms with Crippen molar-refractivity contribution >= 4 is 68.1 Å². The van der Waals surface area contributed by atoms with E-state index in [0.29, 0.717) is 5.69 Å². The molecule has 0 radical (unpaired) electrons. The molecule has 0 aliphatic heterocycles. The molecule has 37 heavy (non-hydrogen) atoms. The van der Waals surface area contributed by atoms with E-state index >= 15 is 0 Å². The fourth-order valence-electron chi connectivity index (χ4n) is 3.45. The molecule has 0 saturated heterocycles. The summed E-state index contributed by atoms with van der Waals surface area (Å²) in [5.74, 6) is -1.21. The summed E-state index contributed by atoms with van der Waals surface area (Å²) in [5.41, 5.74) is 5.99. The maximum Gasteiger partial charge on any atom is -0.0384 e. The number of benzene rings is 4. The summed E-state index contributed by atoms with van der Waals surface area (Å²) < 4.78 is 63.7. The second kappa shape index (κ2) is 9.81. The minimum atomic E-state index is -5.13. The van der Waals surface area contributed by atoms with Gasteiger partial charge in [-0.05, 0) is 24.3 Å². The molecule has 0 heterocycles. The number of carbonyl (C=O) groups excluding carboxylic acids is 1. The van der Waals surface area contributed by atoms with Crippen LogP contribution in [0.5, 0.6) is 5.75 Å². The van der Waals surface area contributed by atoms with Crippen molar-refractivity contribution in [1.29, 1.82) is 0 Å². The van der Waals surface area contributed by atoms with Gasteiger partial charge in [0.15, 0.2) is 0 Å². The van der Waals surface area contributed by atoms with Crippen molar-refractivity contribution in [2.24, 2.45) is 10.2 Å². The van der Waals surface area contributed by atoms with Gasteiger partial charge >= 0.3 is 167 Å². The predicted octanol–water partition coefficient (Wildman–Crippen LogP) is 2.60. The number of rotatable bonds is 6. The van der Waals surface area contributed by atoms with E-state index in [1.54, 1.807) is 12.1 Å². The molecule has 14 heteroatoms. The number of aromatic hydroxyl groups is 1. The van der Waals surface area contributed by atoms with Crippen LogP contribution in [0.1, 0.15) is 10.4 Å². The molecule has 0 aliphatic carbocycles. The molecule has 7 N–H and O–H groups in total. The molecule has 1 amide bonds. The Morgan fingerprint density at radius 3 is 2.19 bits per heavy atom. The first-order chi connectivity index (χ1) is 17.3. The van der Waals surface area contributed by atoms with Crippen LogP contribution in [0.25, 0.3) is 10.8 Å². The zero-order valence-corrected chi connectivity index (χ0v) is 21.4. The van der Waals surface area contributed by atoms with E-state index in [9.17, 15) is 34.8 Å². The van der Waals surface area contributed by atoms with E-state index < -0.39 is 46.5 Å². The van der Waals surface area contributed by atoms with E-state index in [0.717, 1.165) is 18.2 Å². The Morgan fingerprint density at radius 2 is 1.59 bits per heavy atom. The summed E-state index contributed by atoms with van der Waals surface area (Å²) in [6, 6.07) is 16.4. The molecule has 0 atom stereocenters. The number of carbonyl (C=O) groups is 1. The number of azo groups is 1. The fraction of sp³-hybridized carbons (Fsp3) is 0. The van der Waals surface area contributed by atoms with Gasteiger partial charge in [-0.15, -0.1) is 0 Å². The zero-order chi connectivity index (χ0) is 27.0. The molecule has 190 valence electrons. The van der Waals surface area contributed by atoms with Gasteiger partial charge in [0.1, 0.15) is 0 Å². The minimum absolute atomic E-state index is 0.0344. The minimum Gasteiger partial charge on any atom is -0.0474 e. The number of nitrogens with one attached hydrogen (secondary N) is 1. The first kappa shape index (κ1) is 26.1. The van der Waals surface area contributed by atoms with Crippen molar-refractivity contribution in [3.63, 3.8) is 0 Å². The van der Waals surface area contributed by atoms with Crippen LogP contribution in [0.15, 0.2) is 87.9 Å². The Labute approximate surface area is 212 Å². The number of nitrogens with zero attached hydrogens (tertiary/aromatic N) is 2. The van der Waals surface area contributed by atoms with E-state index in [1.165, 1.54) is 42.5 Å². The van der Waals surface area contributed by atoms with Gasteiger partial charge in [0.25, 0.3) is 0 Å². The monoisotopic (exact) mass is 586 g/mol. The molecule has 0 spiro atoms. The van der Waals surface area contributed by atoms with E-state index in [2.05, 4.69) is 15.5 Å². The quantitative estimate of drug-likeness (QED) is 0.0847. The number of nitrogen functional groups attached to an aromatic ring is 1. The van der Waals surface area contributed by atoms with Crippen molar-refractivity contribution in [2.45, 2.75) is 4.90 Å². The molecular weight excluding hydrogens is 567 g/mol. The molecule has 0 saturated carbocycles. The normalized spacial score (nSPS) is 12.2. The van der Waals surface area contributed by atoms with Crippen LogP contribution in [0.3, 0.4) is 0 Å². The first-order valence-corrected chi connectivity index (χ1v) is 15.2. The Morgan fingerprint density at radius 1 is 0.946 bits per heavy atom. The van der Waals surface area contributed by atoms with Gasteiger partial charge in [-0.3, -0.25) is 4.79 Å². The smallest absolute Gasteiger partial charge is 0.0384 e. The van der Waals surface area contributed by atoms with Crippen LogP contribution in [0, 0.1) is 0 Å². The van der Waals surface area contributed by atoms with E-state index in [1.807, 2.05) is 0 Å². The van der Waals surface area contributed by atoms with Crippen LogP contribution in [-0.2, 0) is 13.9 Å². The van der Waals surface area contributed by atoms with Crippen LogP contribution < -0.4 is 15.4 Å². The Kier molecular flexibility index (Phi) is 6.91. The SMILES string of the molecule is Nc1ccc(C(=O)Nc2cccc3cc(S(=O)(=O)O)c(N=Nc4ccc([As](=O)(O)O)cc4)c(O)c23)cc1. The maximum atomic E-state index is 12.7. The molecular formula is C23H19AsN4O8S. The molecule has 4 aromatic carbocycles. The molecule has 0 unspecified atom stereocenters. The molecule has 4 rings (SSSR count). The van der Waals surface area contributed by atoms with Crippen LogP contribution in [0.2, 0.25) is 0 Å². The van der Waals surface area contributed by atoms with Gasteiger partial charge < -0.3 is 5.73 Å². The van der Waals surface area contributed by atoms with Crippen molar-refractivity contribution in [1.82, 2.24) is 0 Å². The van der Waals surface area contributed by atoms with E-state index in [-0.39, 0.29) is 32.1 Å². The third kappa shape index (κ3) is 5.71. The molecule has 0 bridgehead atoms. The van der Waals surface area contributed by atoms with Gasteiger partial charge in [0.05, 0.1) is 0 Å². The molecule has 12 nitrogen and oxygen atoms in total. The summed E-state index contributed by atoms with van der Waals surface area (Å²) in [6.45, 7) is 0. The van der Waals surface area contributed by atoms with Crippen LogP contribution >= 0.6 is 0 Å². The number of hydrogen-bond donors (Lipinski definition) is 6. The van der Waals surface area contributed by atoms with Crippen molar-refractivity contribution in [3.05, 3.63) is 78.4 Å². The summed E-state index contributed by atoms with van der Waals surface area (Å²) in [7, 11) is -4.87. The Hall–Kier alpha value is -4.00. The van der Waals surface area contributed by atoms with Gasteiger partial charge in [-0.2, -0.15) is 0 Å². The number of amides is 1. The largest absolute Gasteiger partial charge is 0.0474 e. The number of nitrogens with two attached hydrogens (primary N) is 1. The number of anilines is 2. The number of hydrogen-bond acceptors (Lipinski definition) is 8. The molecule has 0 fully saturated rings. The van der Waals surface area contributed by atoms with E-state index in [4.69, 9.17) is 5.73 Å². The molecule has 0 aliphatic rings. The maximum absolute atomic E-state index is 12.7. The Bertz CT molecular complexity index is 1700. The number of fused-ring (bicyclic) bond motifs is 1. The standard InChI is InChI=1S/C23H19AsN4O8S/c25-16-8-4-13(5-9-16)23(30)26-18-3-1-2-14-12-19(37(34,35)36)21(22(29)20(14)18)28-27-17-10-6-15(7-11-17)24(31,32)33/h1-12,29H,25H2,(H,26,30)(H2,31,32,33)(H,34,35,36). The topological polar surface area (TPSA) is 212 Å². The Balaban J connectivity index is 1.81. The number of phenols is 1. The van der Waals surface area contributed by atoms with Crippen LogP contribution in [-0.4, -0.2) is 46.3 Å². The summed E-state index contributed by atoms with van der Waals surface area (Å²) in [6.07, 6.45) is 0. The second-order valence-electron chi connectivity index (χ2n) is 7.79.